The fraction of sp³-hybridized carbons (Fsp3) is 0.167. The molecule has 4 nitrogen and oxygen atoms in total. The molecule has 2 rings (SSSR count). The average molecular weight is 135 g/mol. The van der Waals surface area contributed by atoms with Crippen molar-refractivity contribution in [1.82, 2.24) is 9.97 Å². The molecule has 0 saturated heterocycles. The summed E-state index contributed by atoms with van der Waals surface area (Å²) in [6.07, 6.45) is 3.98. The lowest BCUT2D eigenvalue weighted by Crippen LogP contribution is -1.96. The van der Waals surface area contributed by atoms with Crippen LogP contribution in [0.15, 0.2) is 11.3 Å². The minimum Gasteiger partial charge on any atom is -0.383 e. The van der Waals surface area contributed by atoms with Gasteiger partial charge < -0.3 is 5.73 Å². The topological polar surface area (TPSA) is 64.2 Å². The van der Waals surface area contributed by atoms with E-state index in [0.29, 0.717) is 11.6 Å². The van der Waals surface area contributed by atoms with Crippen LogP contribution in [-0.2, 0) is 6.42 Å². The second kappa shape index (κ2) is 1.76. The van der Waals surface area contributed by atoms with Crippen molar-refractivity contribution in [3.63, 3.8) is 0 Å². The molecule has 0 atom stereocenters. The van der Waals surface area contributed by atoms with Crippen molar-refractivity contribution >= 4 is 17.9 Å². The quantitative estimate of drug-likeness (QED) is 0.561. The van der Waals surface area contributed by atoms with Gasteiger partial charge in [-0.1, -0.05) is 0 Å². The lowest BCUT2D eigenvalue weighted by Gasteiger charge is -1.96. The number of aliphatic imine (C=N–C) groups is 1. The second-order valence-corrected chi connectivity index (χ2v) is 2.08. The standard InChI is InChI=1S/C6H6N4/c7-5-4-1-2-8-6(4)10-3-9-5/h2-3H,1H2,(H2,7,9,10)/p+1. The molecule has 0 aromatic carbocycles. The Labute approximate surface area is 59.3 Å². The highest BCUT2D eigenvalue weighted by Gasteiger charge is 2.10. The zero-order chi connectivity index (χ0) is 6.97. The Balaban J connectivity index is 0.000000605. The van der Waals surface area contributed by atoms with E-state index in [1.807, 2.05) is 0 Å². The summed E-state index contributed by atoms with van der Waals surface area (Å²) in [5.41, 5.74) is 6.49. The fourth-order valence-corrected chi connectivity index (χ4v) is 0.947. The Hall–Kier alpha value is -1.45. The first kappa shape index (κ1) is 5.34. The maximum Gasteiger partial charge on any atom is 1.00 e. The predicted molar refractivity (Wildman–Crippen MR) is 39.4 cm³/mol. The lowest BCUT2D eigenvalue weighted by atomic mass is 10.2. The summed E-state index contributed by atoms with van der Waals surface area (Å²) in [7, 11) is 0. The van der Waals surface area contributed by atoms with Gasteiger partial charge in [0.1, 0.15) is 12.1 Å². The Morgan fingerprint density at radius 1 is 1.50 bits per heavy atom. The molecule has 4 heteroatoms. The molecule has 2 heterocycles. The first-order valence-corrected chi connectivity index (χ1v) is 3.00. The first-order chi connectivity index (χ1) is 4.88. The van der Waals surface area contributed by atoms with E-state index in [9.17, 15) is 0 Å². The monoisotopic (exact) mass is 135 g/mol. The molecule has 0 fully saturated rings. The Morgan fingerprint density at radius 3 is 3.20 bits per heavy atom. The van der Waals surface area contributed by atoms with Crippen LogP contribution in [0.5, 0.6) is 0 Å². The van der Waals surface area contributed by atoms with Crippen LogP contribution in [-0.4, -0.2) is 16.2 Å². The SMILES string of the molecule is Nc1ncnc2c1CC=N2.[H+]. The van der Waals surface area contributed by atoms with Crippen LogP contribution in [0.25, 0.3) is 0 Å². The molecule has 0 radical (unpaired) electrons. The molecule has 0 bridgehead atoms. The van der Waals surface area contributed by atoms with Crippen LogP contribution in [0, 0.1) is 0 Å². The highest BCUT2D eigenvalue weighted by molar-refractivity contribution is 5.76. The largest absolute Gasteiger partial charge is 1.00 e. The zero-order valence-electron chi connectivity index (χ0n) is 6.28. The molecule has 1 aliphatic heterocycles. The maximum absolute atomic E-state index is 5.54. The molecule has 2 N–H and O–H groups in total. The van der Waals surface area contributed by atoms with E-state index in [-0.39, 0.29) is 1.43 Å². The van der Waals surface area contributed by atoms with E-state index in [1.165, 1.54) is 6.33 Å². The predicted octanol–water partition coefficient (Wildman–Crippen LogP) is 0.430. The molecule has 0 amide bonds. The molecule has 0 unspecified atom stereocenters. The molecule has 0 aliphatic carbocycles. The fourth-order valence-electron chi connectivity index (χ4n) is 0.947. The van der Waals surface area contributed by atoms with E-state index >= 15 is 0 Å². The molecule has 10 heavy (non-hydrogen) atoms. The van der Waals surface area contributed by atoms with Gasteiger partial charge in [-0.3, -0.25) is 0 Å². The van der Waals surface area contributed by atoms with Gasteiger partial charge >= 0.3 is 1.43 Å². The van der Waals surface area contributed by atoms with Crippen molar-refractivity contribution in [2.24, 2.45) is 4.99 Å². The Kier molecular flexibility index (Phi) is 0.943. The lowest BCUT2D eigenvalue weighted by molar-refractivity contribution is 1.13. The number of nitrogens with two attached hydrogens (primary N) is 1. The van der Waals surface area contributed by atoms with Gasteiger partial charge in [0.15, 0.2) is 5.82 Å². The summed E-state index contributed by atoms with van der Waals surface area (Å²) in [5.74, 6) is 1.26. The molecule has 1 aliphatic rings. The number of hydrogen-bond acceptors (Lipinski definition) is 4. The normalized spacial score (nSPS) is 13.6. The van der Waals surface area contributed by atoms with Crippen LogP contribution in [0.1, 0.15) is 6.99 Å². The average Bonchev–Trinajstić information content (AvgIpc) is 2.36. The van der Waals surface area contributed by atoms with Gasteiger partial charge in [-0.2, -0.15) is 0 Å². The van der Waals surface area contributed by atoms with Gasteiger partial charge in [0.2, 0.25) is 0 Å². The maximum atomic E-state index is 5.54. The van der Waals surface area contributed by atoms with Gasteiger partial charge in [-0.05, 0) is 0 Å². The van der Waals surface area contributed by atoms with Crippen molar-refractivity contribution < 1.29 is 1.43 Å². The van der Waals surface area contributed by atoms with Gasteiger partial charge in [0.05, 0.1) is 0 Å². The third-order valence-corrected chi connectivity index (χ3v) is 1.46. The van der Waals surface area contributed by atoms with Crippen LogP contribution in [0.4, 0.5) is 11.6 Å². The molecule has 50 valence electrons. The molecular weight excluding hydrogens is 128 g/mol. The van der Waals surface area contributed by atoms with E-state index in [4.69, 9.17) is 5.73 Å². The highest BCUT2D eigenvalue weighted by Crippen LogP contribution is 2.23. The van der Waals surface area contributed by atoms with Gasteiger partial charge in [-0.15, -0.1) is 0 Å². The second-order valence-electron chi connectivity index (χ2n) is 2.08. The van der Waals surface area contributed by atoms with Crippen LogP contribution >= 0.6 is 0 Å². The number of aromatic nitrogens is 2. The highest BCUT2D eigenvalue weighted by atomic mass is 15.0. The third-order valence-electron chi connectivity index (χ3n) is 1.46. The molecular formula is C6H7N4+. The number of hydrogen-bond donors (Lipinski definition) is 1. The number of nitrogen functional groups attached to an aromatic ring is 1. The van der Waals surface area contributed by atoms with Crippen molar-refractivity contribution in [1.29, 1.82) is 0 Å². The number of anilines is 1. The minimum atomic E-state index is 0. The van der Waals surface area contributed by atoms with Crippen LogP contribution in [0.2, 0.25) is 0 Å². The first-order valence-electron chi connectivity index (χ1n) is 3.00. The van der Waals surface area contributed by atoms with E-state index in [2.05, 4.69) is 15.0 Å². The van der Waals surface area contributed by atoms with Crippen molar-refractivity contribution in [3.8, 4) is 0 Å². The van der Waals surface area contributed by atoms with Crippen LogP contribution in [0.3, 0.4) is 0 Å². The number of nitrogens with zero attached hydrogens (tertiary/aromatic N) is 3. The van der Waals surface area contributed by atoms with Gasteiger partial charge in [-0.25, -0.2) is 15.0 Å². The number of fused-ring (bicyclic) bond motifs is 1. The summed E-state index contributed by atoms with van der Waals surface area (Å²) in [5, 5.41) is 0. The summed E-state index contributed by atoms with van der Waals surface area (Å²) >= 11 is 0. The van der Waals surface area contributed by atoms with Gasteiger partial charge in [0.25, 0.3) is 0 Å². The Bertz CT molecular complexity index is 297. The van der Waals surface area contributed by atoms with E-state index in [0.717, 1.165) is 12.0 Å². The summed E-state index contributed by atoms with van der Waals surface area (Å²) < 4.78 is 0. The molecule has 0 saturated carbocycles. The summed E-state index contributed by atoms with van der Waals surface area (Å²) in [6.45, 7) is 0. The summed E-state index contributed by atoms with van der Waals surface area (Å²) in [6, 6.07) is 0. The number of rotatable bonds is 0. The molecule has 1 aromatic heterocycles. The van der Waals surface area contributed by atoms with E-state index < -0.39 is 0 Å². The van der Waals surface area contributed by atoms with Crippen LogP contribution < -0.4 is 5.73 Å². The van der Waals surface area contributed by atoms with Crippen molar-refractivity contribution in [3.05, 3.63) is 11.9 Å². The zero-order valence-corrected chi connectivity index (χ0v) is 5.28. The minimum absolute atomic E-state index is 0. The van der Waals surface area contributed by atoms with Gasteiger partial charge in [0, 0.05) is 18.2 Å². The Morgan fingerprint density at radius 2 is 2.40 bits per heavy atom. The molecule has 0 spiro atoms. The molecule has 1 aromatic rings. The summed E-state index contributed by atoms with van der Waals surface area (Å²) in [4.78, 5) is 11.8. The third kappa shape index (κ3) is 0.586. The van der Waals surface area contributed by atoms with Crippen molar-refractivity contribution in [2.45, 2.75) is 6.42 Å². The smallest absolute Gasteiger partial charge is 0.383 e. The van der Waals surface area contributed by atoms with E-state index in [1.54, 1.807) is 6.21 Å². The van der Waals surface area contributed by atoms with Crippen molar-refractivity contribution in [2.75, 3.05) is 5.73 Å².